The highest BCUT2D eigenvalue weighted by molar-refractivity contribution is 5.88. The van der Waals surface area contributed by atoms with E-state index in [0.717, 1.165) is 17.5 Å². The summed E-state index contributed by atoms with van der Waals surface area (Å²) in [6, 6.07) is 5.73. The molecule has 3 rings (SSSR count). The van der Waals surface area contributed by atoms with Gasteiger partial charge in [0.25, 0.3) is 0 Å². The first-order valence-corrected chi connectivity index (χ1v) is 6.75. The average Bonchev–Trinajstić information content (AvgIpc) is 3.10. The fraction of sp³-hybridized carbons (Fsp3) is 0.267. The van der Waals surface area contributed by atoms with E-state index >= 15 is 0 Å². The predicted octanol–water partition coefficient (Wildman–Crippen LogP) is 2.73. The molecule has 0 fully saturated rings. The number of hydrogen-bond donors (Lipinski definition) is 0. The van der Waals surface area contributed by atoms with Gasteiger partial charge in [-0.15, -0.1) is 0 Å². The van der Waals surface area contributed by atoms with Gasteiger partial charge in [0.05, 0.1) is 30.1 Å². The van der Waals surface area contributed by atoms with Crippen LogP contribution in [0.3, 0.4) is 0 Å². The molecule has 0 atom stereocenters. The molecule has 0 aliphatic heterocycles. The summed E-state index contributed by atoms with van der Waals surface area (Å²) in [6.45, 7) is 2.02. The van der Waals surface area contributed by atoms with Crippen LogP contribution in [0.25, 0.3) is 17.0 Å². The predicted molar refractivity (Wildman–Crippen MR) is 76.0 cm³/mol. The summed E-state index contributed by atoms with van der Waals surface area (Å²) < 4.78 is 12.1. The van der Waals surface area contributed by atoms with E-state index in [9.17, 15) is 4.79 Å². The molecule has 3 aromatic heterocycles. The van der Waals surface area contributed by atoms with Gasteiger partial charge in [0.2, 0.25) is 11.7 Å². The molecule has 21 heavy (non-hydrogen) atoms. The van der Waals surface area contributed by atoms with Crippen molar-refractivity contribution >= 4 is 11.5 Å². The standard InChI is InChI=1S/C15H15N3O3/c1-3-6-11-13(15(19)20-2)21-14(17-11)10-9-16-18-8-5-4-7-12(10)18/h4-5,7-9H,3,6H2,1-2H3. The Balaban J connectivity index is 2.12. The van der Waals surface area contributed by atoms with Crippen molar-refractivity contribution in [2.75, 3.05) is 7.11 Å². The van der Waals surface area contributed by atoms with Crippen molar-refractivity contribution in [3.63, 3.8) is 0 Å². The van der Waals surface area contributed by atoms with Gasteiger partial charge >= 0.3 is 5.97 Å². The van der Waals surface area contributed by atoms with Crippen molar-refractivity contribution in [2.45, 2.75) is 19.8 Å². The highest BCUT2D eigenvalue weighted by Gasteiger charge is 2.22. The minimum Gasteiger partial charge on any atom is -0.463 e. The molecule has 0 radical (unpaired) electrons. The molecule has 0 aliphatic carbocycles. The smallest absolute Gasteiger partial charge is 0.376 e. The maximum Gasteiger partial charge on any atom is 0.376 e. The summed E-state index contributed by atoms with van der Waals surface area (Å²) in [6.07, 6.45) is 5.05. The van der Waals surface area contributed by atoms with Crippen LogP contribution in [0.5, 0.6) is 0 Å². The van der Waals surface area contributed by atoms with E-state index in [1.165, 1.54) is 7.11 Å². The van der Waals surface area contributed by atoms with Gasteiger partial charge in [0.1, 0.15) is 0 Å². The summed E-state index contributed by atoms with van der Waals surface area (Å²) in [5.41, 5.74) is 2.25. The number of carbonyl (C=O) groups is 1. The van der Waals surface area contributed by atoms with Crippen LogP contribution in [-0.4, -0.2) is 27.7 Å². The van der Waals surface area contributed by atoms with E-state index in [0.29, 0.717) is 18.0 Å². The number of hydrogen-bond acceptors (Lipinski definition) is 5. The second-order valence-corrected chi connectivity index (χ2v) is 4.63. The fourth-order valence-electron chi connectivity index (χ4n) is 2.22. The topological polar surface area (TPSA) is 69.6 Å². The Kier molecular flexibility index (Phi) is 3.43. The quantitative estimate of drug-likeness (QED) is 0.689. The van der Waals surface area contributed by atoms with Crippen molar-refractivity contribution in [2.24, 2.45) is 0 Å². The van der Waals surface area contributed by atoms with Gasteiger partial charge < -0.3 is 9.15 Å². The van der Waals surface area contributed by atoms with Crippen LogP contribution in [0, 0.1) is 0 Å². The summed E-state index contributed by atoms with van der Waals surface area (Å²) in [7, 11) is 1.33. The zero-order chi connectivity index (χ0) is 14.8. The lowest BCUT2D eigenvalue weighted by atomic mass is 10.2. The van der Waals surface area contributed by atoms with Crippen molar-refractivity contribution in [1.29, 1.82) is 0 Å². The maximum absolute atomic E-state index is 11.8. The molecule has 0 spiro atoms. The highest BCUT2D eigenvalue weighted by Crippen LogP contribution is 2.27. The number of carbonyl (C=O) groups excluding carboxylic acids is 1. The summed E-state index contributed by atoms with van der Waals surface area (Å²) in [5.74, 6) is 0.0540. The Morgan fingerprint density at radius 3 is 3.05 bits per heavy atom. The molecule has 3 heterocycles. The first kappa shape index (κ1) is 13.4. The van der Waals surface area contributed by atoms with Crippen molar-refractivity contribution in [3.8, 4) is 11.5 Å². The normalized spacial score (nSPS) is 11.0. The first-order valence-electron chi connectivity index (χ1n) is 6.75. The van der Waals surface area contributed by atoms with E-state index in [1.54, 1.807) is 10.7 Å². The van der Waals surface area contributed by atoms with E-state index in [-0.39, 0.29) is 5.76 Å². The van der Waals surface area contributed by atoms with E-state index < -0.39 is 5.97 Å². The van der Waals surface area contributed by atoms with Crippen molar-refractivity contribution < 1.29 is 13.9 Å². The Labute approximate surface area is 121 Å². The summed E-state index contributed by atoms with van der Waals surface area (Å²) in [4.78, 5) is 16.2. The molecule has 3 aromatic rings. The lowest BCUT2D eigenvalue weighted by Crippen LogP contribution is -2.03. The SMILES string of the molecule is CCCc1nc(-c2cnn3ccccc23)oc1C(=O)OC. The molecule has 0 saturated heterocycles. The number of methoxy groups -OCH3 is 1. The van der Waals surface area contributed by atoms with Crippen LogP contribution in [-0.2, 0) is 11.2 Å². The van der Waals surface area contributed by atoms with Crippen LogP contribution >= 0.6 is 0 Å². The van der Waals surface area contributed by atoms with E-state index in [4.69, 9.17) is 9.15 Å². The second-order valence-electron chi connectivity index (χ2n) is 4.63. The van der Waals surface area contributed by atoms with Gasteiger partial charge in [0, 0.05) is 6.20 Å². The molecule has 0 aliphatic rings. The highest BCUT2D eigenvalue weighted by atomic mass is 16.5. The van der Waals surface area contributed by atoms with Gasteiger partial charge in [-0.1, -0.05) is 19.4 Å². The van der Waals surface area contributed by atoms with Crippen molar-refractivity contribution in [3.05, 3.63) is 42.0 Å². The van der Waals surface area contributed by atoms with Crippen LogP contribution in [0.15, 0.2) is 35.0 Å². The third-order valence-electron chi connectivity index (χ3n) is 3.21. The van der Waals surface area contributed by atoms with Gasteiger partial charge in [0.15, 0.2) is 0 Å². The van der Waals surface area contributed by atoms with Gasteiger partial charge in [-0.3, -0.25) is 0 Å². The number of aromatic nitrogens is 3. The molecule has 108 valence electrons. The fourth-order valence-corrected chi connectivity index (χ4v) is 2.22. The molecule has 0 aromatic carbocycles. The number of esters is 1. The lowest BCUT2D eigenvalue weighted by molar-refractivity contribution is 0.0564. The first-order chi connectivity index (χ1) is 10.2. The third kappa shape index (κ3) is 2.29. The minimum atomic E-state index is -0.506. The monoisotopic (exact) mass is 285 g/mol. The van der Waals surface area contributed by atoms with Crippen LogP contribution < -0.4 is 0 Å². The van der Waals surface area contributed by atoms with Gasteiger partial charge in [-0.2, -0.15) is 5.10 Å². The molecule has 0 saturated carbocycles. The Morgan fingerprint density at radius 2 is 2.29 bits per heavy atom. The zero-order valence-corrected chi connectivity index (χ0v) is 11.9. The zero-order valence-electron chi connectivity index (χ0n) is 11.9. The molecular formula is C15H15N3O3. The summed E-state index contributed by atoms with van der Waals surface area (Å²) >= 11 is 0. The number of fused-ring (bicyclic) bond motifs is 1. The Bertz CT molecular complexity index is 788. The molecule has 0 bridgehead atoms. The maximum atomic E-state index is 11.8. The van der Waals surface area contributed by atoms with E-state index in [1.807, 2.05) is 31.3 Å². The van der Waals surface area contributed by atoms with Crippen molar-refractivity contribution in [1.82, 2.24) is 14.6 Å². The Hall–Kier alpha value is -2.63. The molecule has 0 N–H and O–H groups in total. The van der Waals surface area contributed by atoms with Crippen LogP contribution in [0.2, 0.25) is 0 Å². The third-order valence-corrected chi connectivity index (χ3v) is 3.21. The molecule has 6 heteroatoms. The lowest BCUT2D eigenvalue weighted by Gasteiger charge is -1.96. The molecule has 0 unspecified atom stereocenters. The average molecular weight is 285 g/mol. The number of rotatable bonds is 4. The van der Waals surface area contributed by atoms with Crippen LogP contribution in [0.4, 0.5) is 0 Å². The number of oxazole rings is 1. The van der Waals surface area contributed by atoms with E-state index in [2.05, 4.69) is 10.1 Å². The largest absolute Gasteiger partial charge is 0.463 e. The minimum absolute atomic E-state index is 0.171. The molecular weight excluding hydrogens is 270 g/mol. The van der Waals surface area contributed by atoms with Gasteiger partial charge in [-0.05, 0) is 18.6 Å². The summed E-state index contributed by atoms with van der Waals surface area (Å²) in [5, 5.41) is 4.25. The number of pyridine rings is 1. The van der Waals surface area contributed by atoms with Gasteiger partial charge in [-0.25, -0.2) is 14.3 Å². The second kappa shape index (κ2) is 5.40. The number of ether oxygens (including phenoxy) is 1. The molecule has 6 nitrogen and oxygen atoms in total. The number of nitrogens with zero attached hydrogens (tertiary/aromatic N) is 3. The Morgan fingerprint density at radius 1 is 1.43 bits per heavy atom. The number of aryl methyl sites for hydroxylation is 1. The van der Waals surface area contributed by atoms with Crippen LogP contribution in [0.1, 0.15) is 29.6 Å². The molecule has 0 amide bonds.